The molecular formula is C22H25N3O3. The molecule has 2 aliphatic rings. The molecule has 1 aliphatic carbocycles. The molecule has 0 radical (unpaired) electrons. The van der Waals surface area contributed by atoms with Crippen LogP contribution in [0, 0.1) is 5.92 Å². The number of para-hydroxylation sites is 2. The summed E-state index contributed by atoms with van der Waals surface area (Å²) in [4.78, 5) is 29.0. The van der Waals surface area contributed by atoms with Crippen LogP contribution in [0.4, 0.5) is 11.4 Å². The fourth-order valence-corrected chi connectivity index (χ4v) is 3.54. The first-order chi connectivity index (χ1) is 13.7. The van der Waals surface area contributed by atoms with Crippen molar-refractivity contribution in [3.05, 3.63) is 54.1 Å². The molecule has 0 atom stereocenters. The number of carbonyl (C=O) groups is 2. The van der Waals surface area contributed by atoms with Crippen molar-refractivity contribution in [1.82, 2.24) is 4.90 Å². The highest BCUT2D eigenvalue weighted by molar-refractivity contribution is 6.05. The van der Waals surface area contributed by atoms with E-state index in [1.165, 1.54) is 0 Å². The van der Waals surface area contributed by atoms with Crippen LogP contribution >= 0.6 is 0 Å². The molecule has 28 heavy (non-hydrogen) atoms. The largest absolute Gasteiger partial charge is 0.495 e. The average molecular weight is 379 g/mol. The Hall–Kier alpha value is -3.02. The number of hydrogen-bond acceptors (Lipinski definition) is 4. The summed E-state index contributed by atoms with van der Waals surface area (Å²) in [7, 11) is 1.58. The number of carbonyl (C=O) groups excluding carboxylic acids is 2. The van der Waals surface area contributed by atoms with Crippen molar-refractivity contribution in [2.75, 3.05) is 43.5 Å². The second-order valence-corrected chi connectivity index (χ2v) is 7.29. The Labute approximate surface area is 165 Å². The third kappa shape index (κ3) is 3.96. The first kappa shape index (κ1) is 18.3. The Morgan fingerprint density at radius 2 is 1.64 bits per heavy atom. The molecule has 0 aromatic heterocycles. The minimum atomic E-state index is -0.170. The molecule has 2 fully saturated rings. The van der Waals surface area contributed by atoms with Crippen molar-refractivity contribution in [1.29, 1.82) is 0 Å². The van der Waals surface area contributed by atoms with Crippen LogP contribution in [0.25, 0.3) is 0 Å². The van der Waals surface area contributed by atoms with E-state index in [4.69, 9.17) is 4.74 Å². The van der Waals surface area contributed by atoms with E-state index in [0.29, 0.717) is 22.9 Å². The number of hydrogen-bond donors (Lipinski definition) is 1. The summed E-state index contributed by atoms with van der Waals surface area (Å²) < 4.78 is 5.28. The highest BCUT2D eigenvalue weighted by Crippen LogP contribution is 2.31. The number of anilines is 2. The zero-order valence-electron chi connectivity index (χ0n) is 16.1. The lowest BCUT2D eigenvalue weighted by Crippen LogP contribution is -2.49. The number of rotatable bonds is 5. The van der Waals surface area contributed by atoms with Gasteiger partial charge in [0.2, 0.25) is 5.91 Å². The van der Waals surface area contributed by atoms with Gasteiger partial charge in [0.25, 0.3) is 5.91 Å². The van der Waals surface area contributed by atoms with Crippen LogP contribution in [0.3, 0.4) is 0 Å². The summed E-state index contributed by atoms with van der Waals surface area (Å²) >= 11 is 0. The molecule has 0 unspecified atom stereocenters. The quantitative estimate of drug-likeness (QED) is 0.868. The predicted molar refractivity (Wildman–Crippen MR) is 109 cm³/mol. The van der Waals surface area contributed by atoms with Gasteiger partial charge in [0.1, 0.15) is 5.75 Å². The van der Waals surface area contributed by atoms with Crippen molar-refractivity contribution in [2.45, 2.75) is 12.8 Å². The highest BCUT2D eigenvalue weighted by Gasteiger charge is 2.34. The van der Waals surface area contributed by atoms with Crippen molar-refractivity contribution < 1.29 is 14.3 Å². The molecule has 2 amide bonds. The minimum Gasteiger partial charge on any atom is -0.495 e. The van der Waals surface area contributed by atoms with E-state index in [2.05, 4.69) is 10.2 Å². The van der Waals surface area contributed by atoms with Gasteiger partial charge in [-0.05, 0) is 49.2 Å². The summed E-state index contributed by atoms with van der Waals surface area (Å²) in [5.74, 6) is 1.07. The van der Waals surface area contributed by atoms with E-state index >= 15 is 0 Å². The molecule has 1 N–H and O–H groups in total. The van der Waals surface area contributed by atoms with Crippen LogP contribution in [0.1, 0.15) is 23.2 Å². The molecule has 1 aliphatic heterocycles. The molecule has 6 nitrogen and oxygen atoms in total. The lowest BCUT2D eigenvalue weighted by atomic mass is 10.1. The van der Waals surface area contributed by atoms with Gasteiger partial charge in [-0.2, -0.15) is 0 Å². The van der Waals surface area contributed by atoms with Crippen LogP contribution in [-0.2, 0) is 4.79 Å². The van der Waals surface area contributed by atoms with Gasteiger partial charge in [0.05, 0.1) is 12.8 Å². The number of ether oxygens (including phenoxy) is 1. The van der Waals surface area contributed by atoms with Gasteiger partial charge in [-0.25, -0.2) is 0 Å². The monoisotopic (exact) mass is 379 g/mol. The molecule has 4 rings (SSSR count). The molecule has 1 heterocycles. The lowest BCUT2D eigenvalue weighted by molar-refractivity contribution is -0.132. The zero-order chi connectivity index (χ0) is 19.5. The smallest absolute Gasteiger partial charge is 0.255 e. The van der Waals surface area contributed by atoms with Crippen molar-refractivity contribution >= 4 is 23.2 Å². The standard InChI is InChI=1S/C22H25N3O3/c1-28-20-5-3-2-4-19(20)23-21(26)16-8-10-18(11-9-16)24-12-14-25(15-13-24)22(27)17-6-7-17/h2-5,8-11,17H,6-7,12-15H2,1H3,(H,23,26). The molecule has 146 valence electrons. The Morgan fingerprint density at radius 3 is 2.29 bits per heavy atom. The molecule has 2 aromatic carbocycles. The maximum absolute atomic E-state index is 12.5. The summed E-state index contributed by atoms with van der Waals surface area (Å²) in [6.07, 6.45) is 2.11. The van der Waals surface area contributed by atoms with Crippen LogP contribution < -0.4 is 15.0 Å². The topological polar surface area (TPSA) is 61.9 Å². The van der Waals surface area contributed by atoms with Crippen molar-refractivity contribution in [2.24, 2.45) is 5.92 Å². The number of methoxy groups -OCH3 is 1. The summed E-state index contributed by atoms with van der Waals surface area (Å²) in [6.45, 7) is 3.19. The molecular weight excluding hydrogens is 354 g/mol. The van der Waals surface area contributed by atoms with E-state index in [9.17, 15) is 9.59 Å². The van der Waals surface area contributed by atoms with E-state index < -0.39 is 0 Å². The summed E-state index contributed by atoms with van der Waals surface area (Å²) in [6, 6.07) is 14.9. The second kappa shape index (κ2) is 7.92. The van der Waals surface area contributed by atoms with E-state index in [1.54, 1.807) is 7.11 Å². The van der Waals surface area contributed by atoms with Crippen LogP contribution in [0.2, 0.25) is 0 Å². The Kier molecular flexibility index (Phi) is 5.19. The van der Waals surface area contributed by atoms with Gasteiger partial charge in [-0.3, -0.25) is 9.59 Å². The van der Waals surface area contributed by atoms with Crippen molar-refractivity contribution in [3.63, 3.8) is 0 Å². The third-order valence-electron chi connectivity index (χ3n) is 5.37. The zero-order valence-corrected chi connectivity index (χ0v) is 16.1. The third-order valence-corrected chi connectivity index (χ3v) is 5.37. The molecule has 0 bridgehead atoms. The van der Waals surface area contributed by atoms with Gasteiger partial charge in [0, 0.05) is 43.3 Å². The Bertz CT molecular complexity index is 854. The molecule has 6 heteroatoms. The number of nitrogens with one attached hydrogen (secondary N) is 1. The number of amides is 2. The highest BCUT2D eigenvalue weighted by atomic mass is 16.5. The van der Waals surface area contributed by atoms with Gasteiger partial charge in [-0.1, -0.05) is 12.1 Å². The number of nitrogens with zero attached hydrogens (tertiary/aromatic N) is 2. The van der Waals surface area contributed by atoms with E-state index in [0.717, 1.165) is 44.7 Å². The fraction of sp³-hybridized carbons (Fsp3) is 0.364. The number of benzene rings is 2. The summed E-state index contributed by atoms with van der Waals surface area (Å²) in [5.41, 5.74) is 2.32. The van der Waals surface area contributed by atoms with Crippen LogP contribution in [0.15, 0.2) is 48.5 Å². The number of piperazine rings is 1. The normalized spacial score (nSPS) is 16.6. The van der Waals surface area contributed by atoms with Gasteiger partial charge >= 0.3 is 0 Å². The van der Waals surface area contributed by atoms with E-state index in [-0.39, 0.29) is 11.8 Å². The maximum Gasteiger partial charge on any atom is 0.255 e. The minimum absolute atomic E-state index is 0.170. The average Bonchev–Trinajstić information content (AvgIpc) is 3.59. The maximum atomic E-state index is 12.5. The fourth-order valence-electron chi connectivity index (χ4n) is 3.54. The summed E-state index contributed by atoms with van der Waals surface area (Å²) in [5, 5.41) is 2.89. The molecule has 0 spiro atoms. The second-order valence-electron chi connectivity index (χ2n) is 7.29. The van der Waals surface area contributed by atoms with Crippen LogP contribution in [-0.4, -0.2) is 50.0 Å². The van der Waals surface area contributed by atoms with Crippen LogP contribution in [0.5, 0.6) is 5.75 Å². The van der Waals surface area contributed by atoms with E-state index in [1.807, 2.05) is 53.4 Å². The molecule has 2 aromatic rings. The Balaban J connectivity index is 1.36. The first-order valence-electron chi connectivity index (χ1n) is 9.74. The Morgan fingerprint density at radius 1 is 0.964 bits per heavy atom. The van der Waals surface area contributed by atoms with Gasteiger partial charge in [0.15, 0.2) is 0 Å². The molecule has 1 saturated heterocycles. The van der Waals surface area contributed by atoms with Gasteiger partial charge < -0.3 is 19.9 Å². The lowest BCUT2D eigenvalue weighted by Gasteiger charge is -2.36. The van der Waals surface area contributed by atoms with Crippen molar-refractivity contribution in [3.8, 4) is 5.75 Å². The van der Waals surface area contributed by atoms with Gasteiger partial charge in [-0.15, -0.1) is 0 Å². The predicted octanol–water partition coefficient (Wildman–Crippen LogP) is 3.01. The first-order valence-corrected chi connectivity index (χ1v) is 9.74. The SMILES string of the molecule is COc1ccccc1NC(=O)c1ccc(N2CCN(C(=O)C3CC3)CC2)cc1. The molecule has 1 saturated carbocycles.